The molecule has 2 atom stereocenters. The smallest absolute Gasteiger partial charge is 0.208 e. The summed E-state index contributed by atoms with van der Waals surface area (Å²) in [6.07, 6.45) is 1.99. The van der Waals surface area contributed by atoms with Gasteiger partial charge in [0.2, 0.25) is 7.29 Å². The molecule has 6 aromatic carbocycles. The van der Waals surface area contributed by atoms with Crippen molar-refractivity contribution in [1.29, 1.82) is 0 Å². The van der Waals surface area contributed by atoms with E-state index in [-0.39, 0.29) is 6.04 Å². The van der Waals surface area contributed by atoms with Crippen molar-refractivity contribution in [3.8, 4) is 11.1 Å². The lowest BCUT2D eigenvalue weighted by Crippen LogP contribution is -2.37. The van der Waals surface area contributed by atoms with E-state index in [4.69, 9.17) is 0 Å². The molecule has 0 bridgehead atoms. The van der Waals surface area contributed by atoms with Gasteiger partial charge in [-0.25, -0.2) is 4.67 Å². The molecular formula is C41H36NOP3. The first-order valence-corrected chi connectivity index (χ1v) is 20.7. The molecule has 2 aliphatic rings. The average Bonchev–Trinajstić information content (AvgIpc) is 3.66. The lowest BCUT2D eigenvalue weighted by Gasteiger charge is -2.34. The first-order valence-electron chi connectivity index (χ1n) is 16.1. The van der Waals surface area contributed by atoms with Gasteiger partial charge in [-0.05, 0) is 72.9 Å². The molecule has 2 nitrogen and oxygen atoms in total. The Morgan fingerprint density at radius 2 is 0.913 bits per heavy atom. The van der Waals surface area contributed by atoms with Crippen LogP contribution in [-0.2, 0) is 4.57 Å². The molecule has 226 valence electrons. The van der Waals surface area contributed by atoms with Gasteiger partial charge < -0.3 is 0 Å². The third-order valence-corrected chi connectivity index (χ3v) is 18.2. The lowest BCUT2D eigenvalue weighted by molar-refractivity contribution is 0.423. The molecule has 5 heteroatoms. The molecule has 0 amide bonds. The Morgan fingerprint density at radius 1 is 0.522 bits per heavy atom. The number of fused-ring (bicyclic) bond motifs is 3. The summed E-state index contributed by atoms with van der Waals surface area (Å²) in [7, 11) is -4.43. The van der Waals surface area contributed by atoms with Crippen molar-refractivity contribution in [2.45, 2.75) is 18.1 Å². The van der Waals surface area contributed by atoms with Crippen molar-refractivity contribution < 1.29 is 4.57 Å². The Morgan fingerprint density at radius 3 is 1.37 bits per heavy atom. The normalized spacial score (nSPS) is 18.5. The van der Waals surface area contributed by atoms with Crippen molar-refractivity contribution in [1.82, 2.24) is 4.67 Å². The zero-order valence-electron chi connectivity index (χ0n) is 25.6. The van der Waals surface area contributed by atoms with E-state index in [0.29, 0.717) is 5.66 Å². The minimum atomic E-state index is -3.10. The van der Waals surface area contributed by atoms with Crippen LogP contribution in [-0.4, -0.2) is 29.1 Å². The van der Waals surface area contributed by atoms with Gasteiger partial charge in [0.05, 0.1) is 0 Å². The van der Waals surface area contributed by atoms with Gasteiger partial charge in [0, 0.05) is 28.9 Å². The Kier molecular flexibility index (Phi) is 8.33. The highest BCUT2D eigenvalue weighted by Gasteiger charge is 2.51. The molecule has 46 heavy (non-hydrogen) atoms. The van der Waals surface area contributed by atoms with Gasteiger partial charge in [0.25, 0.3) is 0 Å². The Balaban J connectivity index is 1.28. The number of rotatable bonds is 8. The standard InChI is InChI=1S/C41H36NOP3/c43-46(40-27-15-13-25-38(40)39-26-14-16-28-41(39)46)42-30-37(45(35-21-9-3-10-22-35)36-23-11-4-12-24-36)29-32(42)31-44(33-17-5-1-6-18-33)34-19-7-2-8-20-34/h1-28,32,37H,29-31H2/t32-,37-/m0/s1. The van der Waals surface area contributed by atoms with Gasteiger partial charge in [0.15, 0.2) is 0 Å². The summed E-state index contributed by atoms with van der Waals surface area (Å²) in [6.45, 7) is 0.812. The second-order valence-electron chi connectivity index (χ2n) is 12.1. The maximum Gasteiger partial charge on any atom is 0.208 e. The van der Waals surface area contributed by atoms with Gasteiger partial charge in [-0.1, -0.05) is 158 Å². The highest BCUT2D eigenvalue weighted by atomic mass is 31.2. The van der Waals surface area contributed by atoms with Gasteiger partial charge in [-0.15, -0.1) is 0 Å². The van der Waals surface area contributed by atoms with Gasteiger partial charge >= 0.3 is 0 Å². The predicted octanol–water partition coefficient (Wildman–Crippen LogP) is 7.60. The molecule has 8 rings (SSSR count). The largest absolute Gasteiger partial charge is 0.296 e. The molecule has 0 aromatic heterocycles. The summed E-state index contributed by atoms with van der Waals surface area (Å²) in [6, 6.07) is 61.3. The molecule has 2 heterocycles. The molecule has 0 radical (unpaired) electrons. The molecule has 0 spiro atoms. The summed E-state index contributed by atoms with van der Waals surface area (Å²) in [5.41, 5.74) is 2.63. The van der Waals surface area contributed by atoms with Crippen LogP contribution < -0.4 is 31.8 Å². The van der Waals surface area contributed by atoms with Crippen LogP contribution in [0, 0.1) is 0 Å². The van der Waals surface area contributed by atoms with Crippen LogP contribution in [0.4, 0.5) is 0 Å². The van der Waals surface area contributed by atoms with Crippen molar-refractivity contribution >= 4 is 55.0 Å². The fraction of sp³-hybridized carbons (Fsp3) is 0.122. The van der Waals surface area contributed by atoms with Crippen LogP contribution in [0.3, 0.4) is 0 Å². The molecule has 0 aliphatic carbocycles. The molecule has 1 saturated heterocycles. The summed E-state index contributed by atoms with van der Waals surface area (Å²) >= 11 is 0. The van der Waals surface area contributed by atoms with Crippen LogP contribution >= 0.6 is 23.1 Å². The topological polar surface area (TPSA) is 20.3 Å². The summed E-state index contributed by atoms with van der Waals surface area (Å²) in [4.78, 5) is 0. The van der Waals surface area contributed by atoms with Crippen LogP contribution in [0.25, 0.3) is 11.1 Å². The fourth-order valence-corrected chi connectivity index (χ4v) is 16.7. The summed E-state index contributed by atoms with van der Waals surface area (Å²) < 4.78 is 18.6. The van der Waals surface area contributed by atoms with Crippen molar-refractivity contribution in [2.24, 2.45) is 0 Å². The van der Waals surface area contributed by atoms with Crippen molar-refractivity contribution in [2.75, 3.05) is 12.7 Å². The van der Waals surface area contributed by atoms with Gasteiger partial charge in [0.1, 0.15) is 0 Å². The molecular weight excluding hydrogens is 615 g/mol. The SMILES string of the molecule is O=P1(N2C[C@@H](P(c3ccccc3)c3ccccc3)C[C@H]2CP(c2ccccc2)c2ccccc2)c2ccccc2-c2ccccc21. The highest BCUT2D eigenvalue weighted by molar-refractivity contribution is 7.78. The van der Waals surface area contributed by atoms with E-state index in [1.54, 1.807) is 0 Å². The molecule has 0 saturated carbocycles. The summed E-state index contributed by atoms with van der Waals surface area (Å²) in [5, 5.41) is 7.57. The van der Waals surface area contributed by atoms with Crippen LogP contribution in [0.2, 0.25) is 0 Å². The zero-order valence-corrected chi connectivity index (χ0v) is 28.3. The number of hydrogen-bond acceptors (Lipinski definition) is 1. The molecule has 0 N–H and O–H groups in total. The third-order valence-electron chi connectivity index (χ3n) is 9.44. The maximum absolute atomic E-state index is 16.1. The average molecular weight is 652 g/mol. The van der Waals surface area contributed by atoms with E-state index in [1.807, 2.05) is 0 Å². The van der Waals surface area contributed by atoms with E-state index >= 15 is 4.57 Å². The van der Waals surface area contributed by atoms with Crippen molar-refractivity contribution in [3.63, 3.8) is 0 Å². The van der Waals surface area contributed by atoms with Gasteiger partial charge in [-0.2, -0.15) is 0 Å². The van der Waals surface area contributed by atoms with E-state index in [0.717, 1.165) is 40.9 Å². The van der Waals surface area contributed by atoms with E-state index in [9.17, 15) is 0 Å². The zero-order chi connectivity index (χ0) is 30.9. The molecule has 0 unspecified atom stereocenters. The van der Waals surface area contributed by atoms with E-state index in [2.05, 4.69) is 175 Å². The van der Waals surface area contributed by atoms with E-state index < -0.39 is 23.1 Å². The summed E-state index contributed by atoms with van der Waals surface area (Å²) in [5.74, 6) is 0. The molecule has 6 aromatic rings. The first-order chi connectivity index (χ1) is 22.7. The fourth-order valence-electron chi connectivity index (χ4n) is 7.45. The minimum absolute atomic E-state index is 0.166. The molecule has 2 aliphatic heterocycles. The number of hydrogen-bond donors (Lipinski definition) is 0. The maximum atomic E-state index is 16.1. The number of benzene rings is 6. The van der Waals surface area contributed by atoms with Crippen LogP contribution in [0.5, 0.6) is 0 Å². The van der Waals surface area contributed by atoms with Crippen LogP contribution in [0.1, 0.15) is 6.42 Å². The first kappa shape index (κ1) is 29.8. The van der Waals surface area contributed by atoms with E-state index in [1.165, 1.54) is 21.2 Å². The lowest BCUT2D eigenvalue weighted by atomic mass is 10.1. The van der Waals surface area contributed by atoms with Crippen LogP contribution in [0.15, 0.2) is 170 Å². The second kappa shape index (κ2) is 12.9. The quantitative estimate of drug-likeness (QED) is 0.158. The Hall–Kier alpha value is -3.63. The molecule has 1 fully saturated rings. The minimum Gasteiger partial charge on any atom is -0.296 e. The highest BCUT2D eigenvalue weighted by Crippen LogP contribution is 2.61. The third kappa shape index (κ3) is 5.33. The number of nitrogens with zero attached hydrogens (tertiary/aromatic N) is 1. The van der Waals surface area contributed by atoms with Gasteiger partial charge in [-0.3, -0.25) is 4.57 Å². The van der Waals surface area contributed by atoms with Crippen molar-refractivity contribution in [3.05, 3.63) is 170 Å². The Labute approximate surface area is 275 Å². The predicted molar refractivity (Wildman–Crippen MR) is 201 cm³/mol. The monoisotopic (exact) mass is 651 g/mol. The second-order valence-corrected chi connectivity index (χ2v) is 19.5. The Bertz CT molecular complexity index is 1860.